The number of ketones is 1. The highest BCUT2D eigenvalue weighted by molar-refractivity contribution is 5.93. The maximum Gasteiger partial charge on any atom is 0.283 e. The minimum Gasteiger partial charge on any atom is -0.369 e. The molecule has 0 atom stereocenters. The van der Waals surface area contributed by atoms with Crippen molar-refractivity contribution in [2.45, 2.75) is 13.5 Å². The smallest absolute Gasteiger partial charge is 0.283 e. The lowest BCUT2D eigenvalue weighted by Crippen LogP contribution is -2.24. The number of benzene rings is 1. The molecular weight excluding hydrogens is 332 g/mol. The van der Waals surface area contributed by atoms with Crippen molar-refractivity contribution in [1.29, 1.82) is 0 Å². The zero-order valence-corrected chi connectivity index (χ0v) is 14.7. The first-order chi connectivity index (χ1) is 12.5. The molecule has 3 aromatic rings. The Morgan fingerprint density at radius 3 is 2.62 bits per heavy atom. The first-order valence-corrected chi connectivity index (χ1v) is 7.99. The fraction of sp³-hybridized carbons (Fsp3) is 0.222. The standard InChI is InChI=1S/C18H18N6O2/c1-12(25)14-9-19-16-15(21-14)17(26)24(10-13-7-5-4-6-8-13)18(22-16)20-11-23(2)3/h4-9,11H,10H2,1-3H3/b20-11+. The summed E-state index contributed by atoms with van der Waals surface area (Å²) in [7, 11) is 3.65. The lowest BCUT2D eigenvalue weighted by atomic mass is 10.2. The van der Waals surface area contributed by atoms with Crippen molar-refractivity contribution in [1.82, 2.24) is 24.4 Å². The number of aliphatic imine (C=N–C) groups is 1. The number of aromatic nitrogens is 4. The molecule has 8 nitrogen and oxygen atoms in total. The van der Waals surface area contributed by atoms with Crippen LogP contribution in [0.5, 0.6) is 0 Å². The van der Waals surface area contributed by atoms with Gasteiger partial charge in [0.05, 0.1) is 19.1 Å². The third-order valence-corrected chi connectivity index (χ3v) is 3.60. The van der Waals surface area contributed by atoms with Gasteiger partial charge in [0.2, 0.25) is 5.95 Å². The molecule has 2 heterocycles. The molecule has 0 N–H and O–H groups in total. The molecular formula is C18H18N6O2. The van der Waals surface area contributed by atoms with Crippen molar-refractivity contribution in [3.63, 3.8) is 0 Å². The van der Waals surface area contributed by atoms with Gasteiger partial charge in [0, 0.05) is 21.0 Å². The van der Waals surface area contributed by atoms with Gasteiger partial charge in [0.25, 0.3) is 5.56 Å². The van der Waals surface area contributed by atoms with E-state index in [-0.39, 0.29) is 40.7 Å². The largest absolute Gasteiger partial charge is 0.369 e. The van der Waals surface area contributed by atoms with Crippen molar-refractivity contribution in [3.05, 3.63) is 58.1 Å². The molecule has 0 unspecified atom stereocenters. The van der Waals surface area contributed by atoms with Gasteiger partial charge in [-0.3, -0.25) is 14.2 Å². The molecule has 0 radical (unpaired) electrons. The molecule has 8 heteroatoms. The zero-order valence-electron chi connectivity index (χ0n) is 14.7. The summed E-state index contributed by atoms with van der Waals surface area (Å²) in [6, 6.07) is 9.51. The fourth-order valence-corrected chi connectivity index (χ4v) is 2.33. The molecule has 0 saturated carbocycles. The van der Waals surface area contributed by atoms with Crippen LogP contribution in [0, 0.1) is 0 Å². The van der Waals surface area contributed by atoms with Crippen LogP contribution in [0.25, 0.3) is 11.2 Å². The predicted molar refractivity (Wildman–Crippen MR) is 99.0 cm³/mol. The van der Waals surface area contributed by atoms with Crippen molar-refractivity contribution < 1.29 is 4.79 Å². The van der Waals surface area contributed by atoms with E-state index in [2.05, 4.69) is 19.9 Å². The average molecular weight is 350 g/mol. The summed E-state index contributed by atoms with van der Waals surface area (Å²) < 4.78 is 1.43. The molecule has 0 aliphatic carbocycles. The third-order valence-electron chi connectivity index (χ3n) is 3.60. The number of Topliss-reactive ketones (excluding diaryl/α,β-unsaturated/α-hetero) is 1. The number of carbonyl (C=O) groups is 1. The fourth-order valence-electron chi connectivity index (χ4n) is 2.33. The molecule has 0 amide bonds. The normalized spacial score (nSPS) is 11.2. The summed E-state index contributed by atoms with van der Waals surface area (Å²) in [6.07, 6.45) is 2.88. The highest BCUT2D eigenvalue weighted by Crippen LogP contribution is 2.13. The van der Waals surface area contributed by atoms with Crippen LogP contribution in [0.1, 0.15) is 23.0 Å². The summed E-state index contributed by atoms with van der Waals surface area (Å²) in [5.74, 6) is -0.0342. The first-order valence-electron chi connectivity index (χ1n) is 7.99. The van der Waals surface area contributed by atoms with Gasteiger partial charge in [0.15, 0.2) is 16.9 Å². The summed E-state index contributed by atoms with van der Waals surface area (Å²) in [5.41, 5.74) is 0.882. The third kappa shape index (κ3) is 3.64. The molecule has 26 heavy (non-hydrogen) atoms. The summed E-state index contributed by atoms with van der Waals surface area (Å²) in [5, 5.41) is 0. The maximum atomic E-state index is 13.0. The molecule has 0 fully saturated rings. The van der Waals surface area contributed by atoms with E-state index in [4.69, 9.17) is 0 Å². The number of nitrogens with zero attached hydrogens (tertiary/aromatic N) is 6. The van der Waals surface area contributed by atoms with Gasteiger partial charge in [-0.1, -0.05) is 30.3 Å². The molecule has 132 valence electrons. The van der Waals surface area contributed by atoms with Gasteiger partial charge >= 0.3 is 0 Å². The van der Waals surface area contributed by atoms with Gasteiger partial charge in [-0.15, -0.1) is 0 Å². The first kappa shape index (κ1) is 17.4. The number of rotatable bonds is 5. The van der Waals surface area contributed by atoms with Gasteiger partial charge in [-0.2, -0.15) is 4.98 Å². The minimum atomic E-state index is -0.389. The van der Waals surface area contributed by atoms with Gasteiger partial charge in [-0.25, -0.2) is 15.0 Å². The number of fused-ring (bicyclic) bond motifs is 1. The van der Waals surface area contributed by atoms with Gasteiger partial charge in [-0.05, 0) is 5.56 Å². The Bertz CT molecular complexity index is 1040. The Morgan fingerprint density at radius 2 is 1.96 bits per heavy atom. The lowest BCUT2D eigenvalue weighted by Gasteiger charge is -2.11. The van der Waals surface area contributed by atoms with E-state index in [1.807, 2.05) is 44.4 Å². The second-order valence-electron chi connectivity index (χ2n) is 5.98. The Morgan fingerprint density at radius 1 is 1.23 bits per heavy atom. The SMILES string of the molecule is CC(=O)c1cnc2nc(/N=C/N(C)C)n(Cc3ccccc3)c(=O)c2n1. The van der Waals surface area contributed by atoms with E-state index in [0.717, 1.165) is 5.56 Å². The Kier molecular flexibility index (Phi) is 4.83. The summed E-state index contributed by atoms with van der Waals surface area (Å²) in [6.45, 7) is 1.66. The van der Waals surface area contributed by atoms with Crippen molar-refractivity contribution in [3.8, 4) is 0 Å². The highest BCUT2D eigenvalue weighted by atomic mass is 16.1. The van der Waals surface area contributed by atoms with Crippen LogP contribution in [0.15, 0.2) is 46.3 Å². The highest BCUT2D eigenvalue weighted by Gasteiger charge is 2.15. The van der Waals surface area contributed by atoms with Gasteiger partial charge < -0.3 is 4.90 Å². The lowest BCUT2D eigenvalue weighted by molar-refractivity contribution is 0.101. The molecule has 2 aromatic heterocycles. The number of hydrogen-bond acceptors (Lipinski definition) is 6. The van der Waals surface area contributed by atoms with Crippen LogP contribution in [-0.4, -0.2) is 50.6 Å². The Labute approximate surface area is 149 Å². The molecule has 0 aliphatic rings. The van der Waals surface area contributed by atoms with E-state index in [0.29, 0.717) is 0 Å². The van der Waals surface area contributed by atoms with Crippen molar-refractivity contribution >= 4 is 29.2 Å². The summed E-state index contributed by atoms with van der Waals surface area (Å²) in [4.78, 5) is 43.2. The molecule has 0 aliphatic heterocycles. The Balaban J connectivity index is 2.22. The van der Waals surface area contributed by atoms with E-state index >= 15 is 0 Å². The van der Waals surface area contributed by atoms with Gasteiger partial charge in [0.1, 0.15) is 5.69 Å². The van der Waals surface area contributed by atoms with Crippen LogP contribution >= 0.6 is 0 Å². The van der Waals surface area contributed by atoms with E-state index in [9.17, 15) is 9.59 Å². The van der Waals surface area contributed by atoms with E-state index < -0.39 is 0 Å². The quantitative estimate of drug-likeness (QED) is 0.395. The van der Waals surface area contributed by atoms with E-state index in [1.165, 1.54) is 17.7 Å². The molecule has 0 spiro atoms. The van der Waals surface area contributed by atoms with Crippen molar-refractivity contribution in [2.75, 3.05) is 14.1 Å². The van der Waals surface area contributed by atoms with Crippen LogP contribution < -0.4 is 5.56 Å². The molecule has 0 saturated heterocycles. The molecule has 3 rings (SSSR count). The average Bonchev–Trinajstić information content (AvgIpc) is 2.63. The zero-order chi connectivity index (χ0) is 18.7. The van der Waals surface area contributed by atoms with Crippen LogP contribution in [0.4, 0.5) is 5.95 Å². The van der Waals surface area contributed by atoms with Crippen molar-refractivity contribution in [2.24, 2.45) is 4.99 Å². The molecule has 0 bridgehead atoms. The van der Waals surface area contributed by atoms with Crippen LogP contribution in [0.2, 0.25) is 0 Å². The number of hydrogen-bond donors (Lipinski definition) is 0. The van der Waals surface area contributed by atoms with Crippen LogP contribution in [-0.2, 0) is 6.54 Å². The second kappa shape index (κ2) is 7.22. The minimum absolute atomic E-state index is 0.0532. The predicted octanol–water partition coefficient (Wildman–Crippen LogP) is 1.66. The number of carbonyl (C=O) groups excluding carboxylic acids is 1. The molecule has 1 aromatic carbocycles. The van der Waals surface area contributed by atoms with Crippen LogP contribution in [0.3, 0.4) is 0 Å². The van der Waals surface area contributed by atoms with E-state index in [1.54, 1.807) is 11.2 Å². The Hall–Kier alpha value is -3.42. The topological polar surface area (TPSA) is 93.3 Å². The monoisotopic (exact) mass is 350 g/mol. The second-order valence-corrected chi connectivity index (χ2v) is 5.98. The maximum absolute atomic E-state index is 13.0. The summed E-state index contributed by atoms with van der Waals surface area (Å²) >= 11 is 0.